The van der Waals surface area contributed by atoms with Gasteiger partial charge in [0.15, 0.2) is 0 Å². The molecule has 2 aromatic rings. The average molecular weight is 317 g/mol. The molecule has 1 aromatic heterocycles. The molecule has 2 heterocycles. The van der Waals surface area contributed by atoms with Crippen LogP contribution in [-0.4, -0.2) is 38.4 Å². The molecule has 0 radical (unpaired) electrons. The molecule has 1 saturated heterocycles. The van der Waals surface area contributed by atoms with Crippen LogP contribution in [0.2, 0.25) is 0 Å². The van der Waals surface area contributed by atoms with Crippen molar-refractivity contribution in [1.82, 2.24) is 5.32 Å². The van der Waals surface area contributed by atoms with Crippen LogP contribution < -0.4 is 5.32 Å². The minimum Gasteiger partial charge on any atom is -0.376 e. The Morgan fingerprint density at radius 1 is 1.32 bits per heavy atom. The molecule has 1 N–H and O–H groups in total. The van der Waals surface area contributed by atoms with Gasteiger partial charge in [0.05, 0.1) is 30.8 Å². The summed E-state index contributed by atoms with van der Waals surface area (Å²) in [5.41, 5.74) is 2.27. The van der Waals surface area contributed by atoms with Crippen molar-refractivity contribution in [3.63, 3.8) is 0 Å². The van der Waals surface area contributed by atoms with Gasteiger partial charge in [0, 0.05) is 11.4 Å². The minimum atomic E-state index is -0.0514. The molecular formula is C17H19NO3S. The molecule has 0 aliphatic carbocycles. The van der Waals surface area contributed by atoms with Crippen molar-refractivity contribution >= 4 is 17.2 Å². The van der Waals surface area contributed by atoms with E-state index >= 15 is 0 Å². The Balaban J connectivity index is 1.66. The van der Waals surface area contributed by atoms with Gasteiger partial charge in [-0.25, -0.2) is 0 Å². The molecular weight excluding hydrogens is 298 g/mol. The second-order valence-electron chi connectivity index (χ2n) is 5.27. The zero-order valence-electron chi connectivity index (χ0n) is 12.5. The Bertz CT molecular complexity index is 633. The van der Waals surface area contributed by atoms with Gasteiger partial charge in [-0.2, -0.15) is 0 Å². The third-order valence-electron chi connectivity index (χ3n) is 3.55. The van der Waals surface area contributed by atoms with Crippen molar-refractivity contribution in [2.24, 2.45) is 0 Å². The van der Waals surface area contributed by atoms with Crippen LogP contribution in [0.1, 0.15) is 15.2 Å². The summed E-state index contributed by atoms with van der Waals surface area (Å²) in [7, 11) is 0. The highest BCUT2D eigenvalue weighted by Gasteiger charge is 2.17. The average Bonchev–Trinajstić information content (AvgIpc) is 2.96. The third-order valence-corrected chi connectivity index (χ3v) is 4.84. The maximum Gasteiger partial charge on any atom is 0.261 e. The molecule has 1 aliphatic heterocycles. The monoisotopic (exact) mass is 317 g/mol. The lowest BCUT2D eigenvalue weighted by Crippen LogP contribution is -2.39. The number of carbonyl (C=O) groups is 1. The number of hydrogen-bond donors (Lipinski definition) is 1. The molecule has 1 aliphatic rings. The van der Waals surface area contributed by atoms with Crippen molar-refractivity contribution in [1.29, 1.82) is 0 Å². The van der Waals surface area contributed by atoms with Crippen molar-refractivity contribution in [2.45, 2.75) is 13.0 Å². The first-order valence-corrected chi connectivity index (χ1v) is 8.19. The summed E-state index contributed by atoms with van der Waals surface area (Å²) < 4.78 is 10.9. The zero-order chi connectivity index (χ0) is 15.4. The normalized spacial score (nSPS) is 18.1. The van der Waals surface area contributed by atoms with Gasteiger partial charge in [0.1, 0.15) is 0 Å². The highest BCUT2D eigenvalue weighted by Crippen LogP contribution is 2.32. The predicted molar refractivity (Wildman–Crippen MR) is 87.4 cm³/mol. The number of thiophene rings is 1. The first kappa shape index (κ1) is 15.2. The largest absolute Gasteiger partial charge is 0.376 e. The molecule has 1 fully saturated rings. The van der Waals surface area contributed by atoms with Gasteiger partial charge in [-0.3, -0.25) is 4.79 Å². The van der Waals surface area contributed by atoms with Crippen LogP contribution >= 0.6 is 11.3 Å². The number of aryl methyl sites for hydroxylation is 1. The van der Waals surface area contributed by atoms with Crippen molar-refractivity contribution in [2.75, 3.05) is 26.4 Å². The minimum absolute atomic E-state index is 0.0487. The Morgan fingerprint density at radius 3 is 2.86 bits per heavy atom. The Kier molecular flexibility index (Phi) is 4.87. The van der Waals surface area contributed by atoms with Gasteiger partial charge in [-0.15, -0.1) is 11.3 Å². The fraction of sp³-hybridized carbons (Fsp3) is 0.353. The fourth-order valence-electron chi connectivity index (χ4n) is 2.42. The third kappa shape index (κ3) is 3.55. The van der Waals surface area contributed by atoms with E-state index in [1.807, 2.05) is 31.2 Å². The topological polar surface area (TPSA) is 47.6 Å². The molecule has 1 amide bonds. The molecule has 3 rings (SSSR count). The molecule has 22 heavy (non-hydrogen) atoms. The zero-order valence-corrected chi connectivity index (χ0v) is 13.3. The Labute approximate surface area is 134 Å². The summed E-state index contributed by atoms with van der Waals surface area (Å²) in [4.78, 5) is 14.2. The van der Waals surface area contributed by atoms with E-state index in [2.05, 4.69) is 17.4 Å². The Hall–Kier alpha value is -1.69. The van der Waals surface area contributed by atoms with Gasteiger partial charge in [-0.1, -0.05) is 30.3 Å². The summed E-state index contributed by atoms with van der Waals surface area (Å²) in [5.74, 6) is -0.0514. The van der Waals surface area contributed by atoms with Gasteiger partial charge in [0.25, 0.3) is 5.91 Å². The SMILES string of the molecule is Cc1cc(C(=O)NC[C@H]2COCCO2)sc1-c1ccccc1. The quantitative estimate of drug-likeness (QED) is 0.943. The van der Waals surface area contributed by atoms with Gasteiger partial charge in [-0.05, 0) is 24.1 Å². The standard InChI is InChI=1S/C17H19NO3S/c1-12-9-15(22-16(12)13-5-3-2-4-6-13)17(19)18-10-14-11-20-7-8-21-14/h2-6,9,14H,7-8,10-11H2,1H3,(H,18,19)/t14-/m0/s1. The van der Waals surface area contributed by atoms with Crippen LogP contribution in [-0.2, 0) is 9.47 Å². The number of nitrogens with one attached hydrogen (secondary N) is 1. The van der Waals surface area contributed by atoms with E-state index in [0.29, 0.717) is 26.4 Å². The number of amides is 1. The fourth-order valence-corrected chi connectivity index (χ4v) is 3.51. The molecule has 0 saturated carbocycles. The van der Waals surface area contributed by atoms with Crippen LogP contribution in [0.4, 0.5) is 0 Å². The molecule has 0 unspecified atom stereocenters. The van der Waals surface area contributed by atoms with Crippen molar-refractivity contribution < 1.29 is 14.3 Å². The van der Waals surface area contributed by atoms with Gasteiger partial charge < -0.3 is 14.8 Å². The molecule has 4 nitrogen and oxygen atoms in total. The second-order valence-corrected chi connectivity index (χ2v) is 6.32. The number of rotatable bonds is 4. The van der Waals surface area contributed by atoms with Crippen LogP contribution in [0.25, 0.3) is 10.4 Å². The lowest BCUT2D eigenvalue weighted by atomic mass is 10.1. The highest BCUT2D eigenvalue weighted by molar-refractivity contribution is 7.17. The molecule has 5 heteroatoms. The molecule has 0 spiro atoms. The number of carbonyl (C=O) groups excluding carboxylic acids is 1. The van der Waals surface area contributed by atoms with Crippen LogP contribution in [0.15, 0.2) is 36.4 Å². The summed E-state index contributed by atoms with van der Waals surface area (Å²) in [6.45, 7) is 4.29. The maximum absolute atomic E-state index is 12.3. The van der Waals surface area contributed by atoms with E-state index in [-0.39, 0.29) is 12.0 Å². The van der Waals surface area contributed by atoms with Gasteiger partial charge >= 0.3 is 0 Å². The first-order chi connectivity index (χ1) is 10.7. The summed E-state index contributed by atoms with van der Waals surface area (Å²) in [5, 5.41) is 2.93. The summed E-state index contributed by atoms with van der Waals surface area (Å²) >= 11 is 1.52. The van der Waals surface area contributed by atoms with E-state index in [1.165, 1.54) is 11.3 Å². The van der Waals surface area contributed by atoms with E-state index in [0.717, 1.165) is 20.9 Å². The number of ether oxygens (including phenoxy) is 2. The summed E-state index contributed by atoms with van der Waals surface area (Å²) in [6.07, 6.45) is -0.0487. The van der Waals surface area contributed by atoms with E-state index in [1.54, 1.807) is 0 Å². The van der Waals surface area contributed by atoms with Crippen LogP contribution in [0.5, 0.6) is 0 Å². The van der Waals surface area contributed by atoms with E-state index in [9.17, 15) is 4.79 Å². The molecule has 1 aromatic carbocycles. The highest BCUT2D eigenvalue weighted by atomic mass is 32.1. The first-order valence-electron chi connectivity index (χ1n) is 7.37. The molecule has 1 atom stereocenters. The smallest absolute Gasteiger partial charge is 0.261 e. The summed E-state index contributed by atoms with van der Waals surface area (Å²) in [6, 6.07) is 12.1. The lowest BCUT2D eigenvalue weighted by Gasteiger charge is -2.22. The predicted octanol–water partition coefficient (Wildman–Crippen LogP) is 2.87. The second kappa shape index (κ2) is 7.05. The Morgan fingerprint density at radius 2 is 2.14 bits per heavy atom. The molecule has 0 bridgehead atoms. The van der Waals surface area contributed by atoms with Gasteiger partial charge in [0.2, 0.25) is 0 Å². The maximum atomic E-state index is 12.3. The van der Waals surface area contributed by atoms with E-state index in [4.69, 9.17) is 9.47 Å². The van der Waals surface area contributed by atoms with Crippen molar-refractivity contribution in [3.05, 3.63) is 46.8 Å². The van der Waals surface area contributed by atoms with E-state index < -0.39 is 0 Å². The molecule has 116 valence electrons. The number of benzene rings is 1. The lowest BCUT2D eigenvalue weighted by molar-refractivity contribution is -0.0855. The van der Waals surface area contributed by atoms with Crippen LogP contribution in [0.3, 0.4) is 0 Å². The number of hydrogen-bond acceptors (Lipinski definition) is 4. The van der Waals surface area contributed by atoms with Crippen molar-refractivity contribution in [3.8, 4) is 10.4 Å². The van der Waals surface area contributed by atoms with Crippen LogP contribution in [0, 0.1) is 6.92 Å².